The summed E-state index contributed by atoms with van der Waals surface area (Å²) in [6.45, 7) is 5.49. The highest BCUT2D eigenvalue weighted by molar-refractivity contribution is 5.01. The molecule has 0 radical (unpaired) electrons. The van der Waals surface area contributed by atoms with E-state index in [1.54, 1.807) is 0 Å². The van der Waals surface area contributed by atoms with E-state index in [0.717, 1.165) is 31.7 Å². The lowest BCUT2D eigenvalue weighted by Gasteiger charge is -2.55. The first-order chi connectivity index (χ1) is 7.83. The Morgan fingerprint density at radius 2 is 1.94 bits per heavy atom. The van der Waals surface area contributed by atoms with Crippen molar-refractivity contribution in [3.63, 3.8) is 0 Å². The fourth-order valence-corrected chi connectivity index (χ4v) is 3.94. The molecule has 3 fully saturated rings. The fourth-order valence-electron chi connectivity index (χ4n) is 3.94. The van der Waals surface area contributed by atoms with Crippen LogP contribution in [-0.2, 0) is 4.74 Å². The summed E-state index contributed by atoms with van der Waals surface area (Å²) in [6, 6.07) is 0.804. The maximum atomic E-state index is 5.86. The van der Waals surface area contributed by atoms with Crippen molar-refractivity contribution in [1.82, 2.24) is 4.90 Å². The van der Waals surface area contributed by atoms with Gasteiger partial charge in [-0.1, -0.05) is 6.42 Å². The van der Waals surface area contributed by atoms with Crippen molar-refractivity contribution in [3.05, 3.63) is 0 Å². The summed E-state index contributed by atoms with van der Waals surface area (Å²) in [6.07, 6.45) is 6.69. The van der Waals surface area contributed by atoms with E-state index in [-0.39, 0.29) is 0 Å². The van der Waals surface area contributed by atoms with Gasteiger partial charge in [-0.2, -0.15) is 0 Å². The minimum atomic E-state index is 0.625. The summed E-state index contributed by atoms with van der Waals surface area (Å²) in [5.41, 5.74) is 6.49. The smallest absolute Gasteiger partial charge is 0.0472 e. The molecule has 1 spiro atoms. The Morgan fingerprint density at radius 1 is 1.19 bits per heavy atom. The first kappa shape index (κ1) is 11.0. The molecule has 0 aromatic carbocycles. The number of rotatable bonds is 2. The van der Waals surface area contributed by atoms with Crippen LogP contribution >= 0.6 is 0 Å². The number of hydrogen-bond donors (Lipinski definition) is 1. The van der Waals surface area contributed by atoms with Gasteiger partial charge < -0.3 is 10.5 Å². The van der Waals surface area contributed by atoms with Crippen LogP contribution in [0.25, 0.3) is 0 Å². The molecule has 92 valence electrons. The van der Waals surface area contributed by atoms with Crippen molar-refractivity contribution >= 4 is 0 Å². The maximum absolute atomic E-state index is 5.86. The topological polar surface area (TPSA) is 38.5 Å². The van der Waals surface area contributed by atoms with Gasteiger partial charge in [0.25, 0.3) is 0 Å². The molecule has 1 aliphatic carbocycles. The molecule has 2 saturated heterocycles. The van der Waals surface area contributed by atoms with Gasteiger partial charge >= 0.3 is 0 Å². The zero-order valence-corrected chi connectivity index (χ0v) is 10.2. The summed E-state index contributed by atoms with van der Waals surface area (Å²) in [7, 11) is 0. The fraction of sp³-hybridized carbons (Fsp3) is 1.00. The van der Waals surface area contributed by atoms with E-state index in [4.69, 9.17) is 10.5 Å². The quantitative estimate of drug-likeness (QED) is 0.766. The Labute approximate surface area is 98.3 Å². The van der Waals surface area contributed by atoms with Crippen molar-refractivity contribution in [2.75, 3.05) is 32.8 Å². The van der Waals surface area contributed by atoms with E-state index < -0.39 is 0 Å². The van der Waals surface area contributed by atoms with Gasteiger partial charge in [-0.05, 0) is 38.1 Å². The number of hydrogen-bond acceptors (Lipinski definition) is 3. The van der Waals surface area contributed by atoms with Crippen molar-refractivity contribution in [1.29, 1.82) is 0 Å². The molecule has 0 aromatic rings. The van der Waals surface area contributed by atoms with Gasteiger partial charge in [-0.25, -0.2) is 0 Å². The highest BCUT2D eigenvalue weighted by Crippen LogP contribution is 2.44. The minimum Gasteiger partial charge on any atom is -0.381 e. The lowest BCUT2D eigenvalue weighted by molar-refractivity contribution is -0.102. The first-order valence-corrected chi connectivity index (χ1v) is 6.85. The first-order valence-electron chi connectivity index (χ1n) is 6.85. The summed E-state index contributed by atoms with van der Waals surface area (Å²) < 4.78 is 5.47. The van der Waals surface area contributed by atoms with Crippen molar-refractivity contribution in [3.8, 4) is 0 Å². The van der Waals surface area contributed by atoms with Crippen LogP contribution in [0, 0.1) is 11.3 Å². The normalized spacial score (nSPS) is 38.8. The standard InChI is InChI=1S/C13H24N2O/c14-8-11-2-1-3-12(11)15-9-13(10-15)4-6-16-7-5-13/h11-12H,1-10,14H2. The molecule has 2 heterocycles. The Hall–Kier alpha value is -0.120. The van der Waals surface area contributed by atoms with Gasteiger partial charge in [0.05, 0.1) is 0 Å². The van der Waals surface area contributed by atoms with Crippen LogP contribution in [0.15, 0.2) is 0 Å². The Balaban J connectivity index is 1.55. The molecule has 3 heteroatoms. The SMILES string of the molecule is NCC1CCCC1N1CC2(CCOCC2)C1. The second-order valence-corrected chi connectivity index (χ2v) is 6.01. The van der Waals surface area contributed by atoms with Crippen molar-refractivity contribution in [2.24, 2.45) is 17.1 Å². The third-order valence-electron chi connectivity index (χ3n) is 5.02. The molecule has 1 saturated carbocycles. The lowest BCUT2D eigenvalue weighted by Crippen LogP contribution is -2.62. The highest BCUT2D eigenvalue weighted by atomic mass is 16.5. The molecule has 3 aliphatic rings. The van der Waals surface area contributed by atoms with E-state index in [9.17, 15) is 0 Å². The van der Waals surface area contributed by atoms with Gasteiger partial charge in [0.2, 0.25) is 0 Å². The van der Waals surface area contributed by atoms with Gasteiger partial charge in [0, 0.05) is 37.8 Å². The number of nitrogens with zero attached hydrogens (tertiary/aromatic N) is 1. The summed E-state index contributed by atoms with van der Waals surface area (Å²) >= 11 is 0. The molecule has 0 amide bonds. The zero-order chi connectivity index (χ0) is 11.0. The highest BCUT2D eigenvalue weighted by Gasteiger charge is 2.47. The molecule has 16 heavy (non-hydrogen) atoms. The summed E-state index contributed by atoms with van der Waals surface area (Å²) in [5.74, 6) is 0.775. The molecule has 0 aromatic heterocycles. The van der Waals surface area contributed by atoms with Crippen LogP contribution in [0.3, 0.4) is 0 Å². The van der Waals surface area contributed by atoms with Crippen LogP contribution in [0.5, 0.6) is 0 Å². The Bertz CT molecular complexity index is 242. The zero-order valence-electron chi connectivity index (χ0n) is 10.2. The third-order valence-corrected chi connectivity index (χ3v) is 5.02. The van der Waals surface area contributed by atoms with Gasteiger partial charge in [-0.3, -0.25) is 4.90 Å². The minimum absolute atomic E-state index is 0.625. The van der Waals surface area contributed by atoms with Gasteiger partial charge in [0.1, 0.15) is 0 Å². The van der Waals surface area contributed by atoms with E-state index in [2.05, 4.69) is 4.90 Å². The average Bonchev–Trinajstić information content (AvgIpc) is 2.74. The molecule has 2 N–H and O–H groups in total. The predicted octanol–water partition coefficient (Wildman–Crippen LogP) is 1.23. The molecular formula is C13H24N2O. The van der Waals surface area contributed by atoms with Crippen molar-refractivity contribution in [2.45, 2.75) is 38.1 Å². The van der Waals surface area contributed by atoms with Gasteiger partial charge in [0.15, 0.2) is 0 Å². The second kappa shape index (κ2) is 4.28. The molecule has 0 bridgehead atoms. The Morgan fingerprint density at radius 3 is 2.62 bits per heavy atom. The Kier molecular flexibility index (Phi) is 2.94. The number of likely N-dealkylation sites (tertiary alicyclic amines) is 1. The van der Waals surface area contributed by atoms with Crippen LogP contribution in [0.1, 0.15) is 32.1 Å². The monoisotopic (exact) mass is 224 g/mol. The lowest BCUT2D eigenvalue weighted by atomic mass is 9.72. The van der Waals surface area contributed by atoms with Crippen molar-refractivity contribution < 1.29 is 4.74 Å². The molecule has 3 rings (SSSR count). The number of ether oxygens (including phenoxy) is 1. The second-order valence-electron chi connectivity index (χ2n) is 6.01. The van der Waals surface area contributed by atoms with Crippen LogP contribution in [0.2, 0.25) is 0 Å². The largest absolute Gasteiger partial charge is 0.381 e. The van der Waals surface area contributed by atoms with Gasteiger partial charge in [-0.15, -0.1) is 0 Å². The van der Waals surface area contributed by atoms with E-state index in [1.165, 1.54) is 45.2 Å². The van der Waals surface area contributed by atoms with Crippen LogP contribution < -0.4 is 5.73 Å². The molecule has 2 atom stereocenters. The predicted molar refractivity (Wildman–Crippen MR) is 64.2 cm³/mol. The summed E-state index contributed by atoms with van der Waals surface area (Å²) in [4.78, 5) is 2.70. The third kappa shape index (κ3) is 1.79. The molecular weight excluding hydrogens is 200 g/mol. The van der Waals surface area contributed by atoms with E-state index >= 15 is 0 Å². The summed E-state index contributed by atoms with van der Waals surface area (Å²) in [5, 5.41) is 0. The molecule has 3 nitrogen and oxygen atoms in total. The van der Waals surface area contributed by atoms with E-state index in [1.807, 2.05) is 0 Å². The molecule has 2 unspecified atom stereocenters. The van der Waals surface area contributed by atoms with Crippen LogP contribution in [0.4, 0.5) is 0 Å². The van der Waals surface area contributed by atoms with E-state index in [0.29, 0.717) is 5.41 Å². The maximum Gasteiger partial charge on any atom is 0.0472 e. The average molecular weight is 224 g/mol. The number of nitrogens with two attached hydrogens (primary N) is 1. The molecule has 2 aliphatic heterocycles. The van der Waals surface area contributed by atoms with Crippen LogP contribution in [-0.4, -0.2) is 43.8 Å².